The summed E-state index contributed by atoms with van der Waals surface area (Å²) in [6, 6.07) is 6.28. The molecule has 2 rings (SSSR count). The van der Waals surface area contributed by atoms with Gasteiger partial charge in [0.2, 0.25) is 0 Å². The molecule has 1 amide bonds. The predicted molar refractivity (Wildman–Crippen MR) is 99.8 cm³/mol. The first-order valence-corrected chi connectivity index (χ1v) is 8.84. The van der Waals surface area contributed by atoms with Crippen LogP contribution in [0.4, 0.5) is 13.2 Å². The van der Waals surface area contributed by atoms with Gasteiger partial charge in [-0.3, -0.25) is 4.79 Å². The largest absolute Gasteiger partial charge is 0.490 e. The van der Waals surface area contributed by atoms with E-state index in [2.05, 4.69) is 10.3 Å². The maximum atomic E-state index is 12.3. The minimum atomic E-state index is -5.08. The number of aliphatic carboxylic acids is 2. The Morgan fingerprint density at radius 2 is 1.87 bits per heavy atom. The SMILES string of the molecule is CC[C@H](C)[C@H](NC(=O)c1cccc(Cn2ccnc2)c1)C(=O)O.O=C(O)C(F)(F)F. The molecule has 0 unspecified atom stereocenters. The molecule has 1 aromatic carbocycles. The highest BCUT2D eigenvalue weighted by Crippen LogP contribution is 2.13. The molecule has 0 fully saturated rings. The Labute approximate surface area is 170 Å². The minimum absolute atomic E-state index is 0.134. The second kappa shape index (κ2) is 11.0. The maximum absolute atomic E-state index is 12.3. The molecule has 0 radical (unpaired) electrons. The lowest BCUT2D eigenvalue weighted by molar-refractivity contribution is -0.192. The van der Waals surface area contributed by atoms with Crippen molar-refractivity contribution in [3.05, 3.63) is 54.1 Å². The Balaban J connectivity index is 0.000000553. The monoisotopic (exact) mass is 429 g/mol. The van der Waals surface area contributed by atoms with Crippen molar-refractivity contribution in [1.29, 1.82) is 0 Å². The van der Waals surface area contributed by atoms with Gasteiger partial charge in [-0.1, -0.05) is 32.4 Å². The number of hydrogen-bond donors (Lipinski definition) is 3. The Kier molecular flexibility index (Phi) is 9.03. The fourth-order valence-corrected chi connectivity index (χ4v) is 2.31. The first-order chi connectivity index (χ1) is 14.0. The minimum Gasteiger partial charge on any atom is -0.480 e. The number of carbonyl (C=O) groups excluding carboxylic acids is 1. The van der Waals surface area contributed by atoms with Crippen LogP contribution in [0.5, 0.6) is 0 Å². The summed E-state index contributed by atoms with van der Waals surface area (Å²) in [7, 11) is 0. The van der Waals surface area contributed by atoms with Crippen LogP contribution in [0.1, 0.15) is 36.2 Å². The molecule has 2 atom stereocenters. The molecular formula is C19H22F3N3O5. The molecule has 11 heteroatoms. The molecule has 3 N–H and O–H groups in total. The highest BCUT2D eigenvalue weighted by Gasteiger charge is 2.38. The van der Waals surface area contributed by atoms with Crippen LogP contribution in [0, 0.1) is 5.92 Å². The number of amides is 1. The van der Waals surface area contributed by atoms with Crippen LogP contribution in [0.3, 0.4) is 0 Å². The summed E-state index contributed by atoms with van der Waals surface area (Å²) >= 11 is 0. The Hall–Kier alpha value is -3.37. The first kappa shape index (κ1) is 24.7. The fraction of sp³-hybridized carbons (Fsp3) is 0.368. The summed E-state index contributed by atoms with van der Waals surface area (Å²) < 4.78 is 33.6. The highest BCUT2D eigenvalue weighted by atomic mass is 19.4. The number of rotatable bonds is 7. The van der Waals surface area contributed by atoms with Crippen molar-refractivity contribution < 1.29 is 37.8 Å². The maximum Gasteiger partial charge on any atom is 0.490 e. The first-order valence-electron chi connectivity index (χ1n) is 8.84. The zero-order valence-corrected chi connectivity index (χ0v) is 16.3. The van der Waals surface area contributed by atoms with Crippen molar-refractivity contribution in [2.75, 3.05) is 0 Å². The van der Waals surface area contributed by atoms with E-state index in [9.17, 15) is 27.9 Å². The summed E-state index contributed by atoms with van der Waals surface area (Å²) in [4.78, 5) is 36.5. The average molecular weight is 429 g/mol. The van der Waals surface area contributed by atoms with E-state index in [1.165, 1.54) is 0 Å². The van der Waals surface area contributed by atoms with E-state index in [0.717, 1.165) is 5.56 Å². The molecular weight excluding hydrogens is 407 g/mol. The van der Waals surface area contributed by atoms with Gasteiger partial charge in [-0.2, -0.15) is 13.2 Å². The smallest absolute Gasteiger partial charge is 0.480 e. The van der Waals surface area contributed by atoms with E-state index >= 15 is 0 Å². The van der Waals surface area contributed by atoms with Crippen LogP contribution in [-0.2, 0) is 16.1 Å². The van der Waals surface area contributed by atoms with Crippen molar-refractivity contribution >= 4 is 17.8 Å². The number of halogens is 3. The van der Waals surface area contributed by atoms with Crippen LogP contribution in [-0.4, -0.2) is 49.8 Å². The number of aromatic nitrogens is 2. The number of carboxylic acid groups (broad SMARTS) is 2. The lowest BCUT2D eigenvalue weighted by atomic mass is 9.98. The van der Waals surface area contributed by atoms with E-state index in [0.29, 0.717) is 18.5 Å². The third-order valence-electron chi connectivity index (χ3n) is 4.12. The number of benzene rings is 1. The summed E-state index contributed by atoms with van der Waals surface area (Å²) in [5.74, 6) is -4.27. The lowest BCUT2D eigenvalue weighted by Gasteiger charge is -2.20. The van der Waals surface area contributed by atoms with Gasteiger partial charge < -0.3 is 20.1 Å². The van der Waals surface area contributed by atoms with Crippen LogP contribution < -0.4 is 5.32 Å². The summed E-state index contributed by atoms with van der Waals surface area (Å²) in [6.45, 7) is 4.32. The number of carbonyl (C=O) groups is 3. The number of nitrogens with one attached hydrogen (secondary N) is 1. The van der Waals surface area contributed by atoms with Crippen LogP contribution in [0.2, 0.25) is 0 Å². The molecule has 1 aromatic heterocycles. The van der Waals surface area contributed by atoms with Crippen molar-refractivity contribution in [2.24, 2.45) is 5.92 Å². The van der Waals surface area contributed by atoms with Crippen molar-refractivity contribution in [3.63, 3.8) is 0 Å². The standard InChI is InChI=1S/C17H21N3O3.C2HF3O2/c1-3-12(2)15(17(22)23)19-16(21)14-6-4-5-13(9-14)10-20-8-7-18-11-20;3-2(4,5)1(6)7/h4-9,11-12,15H,3,10H2,1-2H3,(H,19,21)(H,22,23);(H,6,7)/t12-,15-;/m0./s1. The molecule has 0 bridgehead atoms. The quantitative estimate of drug-likeness (QED) is 0.622. The molecule has 2 aromatic rings. The van der Waals surface area contributed by atoms with E-state index in [1.54, 1.807) is 30.7 Å². The number of hydrogen-bond acceptors (Lipinski definition) is 4. The normalized spacial score (nSPS) is 12.8. The summed E-state index contributed by atoms with van der Waals surface area (Å²) in [6.07, 6.45) is 0.838. The molecule has 0 saturated carbocycles. The van der Waals surface area contributed by atoms with Gasteiger partial charge in [-0.05, 0) is 23.6 Å². The molecule has 0 aliphatic carbocycles. The zero-order valence-electron chi connectivity index (χ0n) is 16.3. The summed E-state index contributed by atoms with van der Waals surface area (Å²) in [5, 5.41) is 19.0. The molecule has 8 nitrogen and oxygen atoms in total. The average Bonchev–Trinajstić information content (AvgIpc) is 3.18. The van der Waals surface area contributed by atoms with Crippen LogP contribution in [0.15, 0.2) is 43.0 Å². The Bertz CT molecular complexity index is 853. The van der Waals surface area contributed by atoms with Gasteiger partial charge in [-0.15, -0.1) is 0 Å². The van der Waals surface area contributed by atoms with E-state index in [1.807, 2.05) is 30.7 Å². The third kappa shape index (κ3) is 7.94. The number of nitrogens with zero attached hydrogens (tertiary/aromatic N) is 2. The van der Waals surface area contributed by atoms with Gasteiger partial charge in [0.15, 0.2) is 0 Å². The second-order valence-corrected chi connectivity index (χ2v) is 6.41. The number of carboxylic acids is 2. The van der Waals surface area contributed by atoms with Crippen LogP contribution in [0.25, 0.3) is 0 Å². The lowest BCUT2D eigenvalue weighted by Crippen LogP contribution is -2.45. The molecule has 0 spiro atoms. The van der Waals surface area contributed by atoms with Crippen LogP contribution >= 0.6 is 0 Å². The van der Waals surface area contributed by atoms with Gasteiger partial charge in [0.05, 0.1) is 6.33 Å². The number of alkyl halides is 3. The highest BCUT2D eigenvalue weighted by molar-refractivity contribution is 5.96. The third-order valence-corrected chi connectivity index (χ3v) is 4.12. The molecule has 30 heavy (non-hydrogen) atoms. The van der Waals surface area contributed by atoms with E-state index in [-0.39, 0.29) is 11.8 Å². The topological polar surface area (TPSA) is 122 Å². The van der Waals surface area contributed by atoms with Gasteiger partial charge >= 0.3 is 18.1 Å². The molecule has 0 saturated heterocycles. The number of imidazole rings is 1. The van der Waals surface area contributed by atoms with Gasteiger partial charge in [0.25, 0.3) is 5.91 Å². The predicted octanol–water partition coefficient (Wildman–Crippen LogP) is 2.79. The van der Waals surface area contributed by atoms with Crippen molar-refractivity contribution in [1.82, 2.24) is 14.9 Å². The zero-order chi connectivity index (χ0) is 22.9. The van der Waals surface area contributed by atoms with Gasteiger partial charge in [-0.25, -0.2) is 14.6 Å². The molecule has 0 aliphatic rings. The Morgan fingerprint density at radius 1 is 1.23 bits per heavy atom. The fourth-order valence-electron chi connectivity index (χ4n) is 2.31. The van der Waals surface area contributed by atoms with Gasteiger partial charge in [0, 0.05) is 24.5 Å². The van der Waals surface area contributed by atoms with Gasteiger partial charge in [0.1, 0.15) is 6.04 Å². The molecule has 1 heterocycles. The van der Waals surface area contributed by atoms with Crippen molar-refractivity contribution in [3.8, 4) is 0 Å². The van der Waals surface area contributed by atoms with E-state index < -0.39 is 24.2 Å². The Morgan fingerprint density at radius 3 is 2.33 bits per heavy atom. The van der Waals surface area contributed by atoms with Crippen molar-refractivity contribution in [2.45, 2.75) is 39.0 Å². The second-order valence-electron chi connectivity index (χ2n) is 6.41. The van der Waals surface area contributed by atoms with E-state index in [4.69, 9.17) is 9.90 Å². The molecule has 0 aliphatic heterocycles. The summed E-state index contributed by atoms with van der Waals surface area (Å²) in [5.41, 5.74) is 1.41. The molecule has 164 valence electrons.